The highest BCUT2D eigenvalue weighted by molar-refractivity contribution is 7.90. The minimum Gasteiger partial charge on any atom is -0.450 e. The minimum atomic E-state index is -3.54. The molecule has 31 heavy (non-hydrogen) atoms. The zero-order chi connectivity index (χ0) is 23.2. The van der Waals surface area contributed by atoms with Crippen molar-refractivity contribution < 1.29 is 32.2 Å². The summed E-state index contributed by atoms with van der Waals surface area (Å²) in [5, 5.41) is 11.7. The molecule has 2 N–H and O–H groups in total. The van der Waals surface area contributed by atoms with Crippen LogP contribution in [0.5, 0.6) is 0 Å². The standard InChI is InChI=1S/C20H20Cl2FNO6S/c1-31(28,29)15-9-7-14(8-10-15)20(30-19(26)27,11-13-5-3-2-4-6-13)16(12-23)24-18(25)17(21)22/h2-10,16-17H,11-12H2,1H3,(H,24,25)(H,26,27)/t16-,20-/m1/s1. The lowest BCUT2D eigenvalue weighted by molar-refractivity contribution is -0.124. The molecule has 2 aromatic carbocycles. The van der Waals surface area contributed by atoms with Crippen molar-refractivity contribution in [2.24, 2.45) is 0 Å². The number of carbonyl (C=O) groups is 2. The van der Waals surface area contributed by atoms with Gasteiger partial charge >= 0.3 is 6.16 Å². The molecule has 0 saturated carbocycles. The highest BCUT2D eigenvalue weighted by atomic mass is 35.5. The summed E-state index contributed by atoms with van der Waals surface area (Å²) in [5.74, 6) is -0.940. The van der Waals surface area contributed by atoms with E-state index in [2.05, 4.69) is 5.32 Å². The number of nitrogens with one attached hydrogen (secondary N) is 1. The normalized spacial score (nSPS) is 14.5. The summed E-state index contributed by atoms with van der Waals surface area (Å²) in [5.41, 5.74) is -1.23. The predicted octanol–water partition coefficient (Wildman–Crippen LogP) is 3.48. The van der Waals surface area contributed by atoms with E-state index in [9.17, 15) is 27.5 Å². The van der Waals surface area contributed by atoms with Crippen LogP contribution in [-0.4, -0.2) is 49.4 Å². The molecule has 2 rings (SSSR count). The number of hydrogen-bond acceptors (Lipinski definition) is 5. The molecule has 0 saturated heterocycles. The van der Waals surface area contributed by atoms with Crippen LogP contribution in [0.4, 0.5) is 9.18 Å². The van der Waals surface area contributed by atoms with E-state index in [-0.39, 0.29) is 16.9 Å². The van der Waals surface area contributed by atoms with Crippen molar-refractivity contribution in [3.05, 3.63) is 65.7 Å². The molecule has 2 aromatic rings. The molecule has 11 heteroatoms. The number of halogens is 3. The number of ether oxygens (including phenoxy) is 1. The number of rotatable bonds is 9. The second-order valence-corrected chi connectivity index (χ2v) is 9.84. The van der Waals surface area contributed by atoms with Gasteiger partial charge in [-0.15, -0.1) is 0 Å². The van der Waals surface area contributed by atoms with Crippen molar-refractivity contribution in [3.63, 3.8) is 0 Å². The maximum absolute atomic E-state index is 14.2. The Morgan fingerprint density at radius 3 is 2.16 bits per heavy atom. The van der Waals surface area contributed by atoms with E-state index in [1.165, 1.54) is 24.3 Å². The van der Waals surface area contributed by atoms with Crippen molar-refractivity contribution in [1.82, 2.24) is 5.32 Å². The van der Waals surface area contributed by atoms with Crippen LogP contribution in [0.15, 0.2) is 59.5 Å². The first-order chi connectivity index (χ1) is 14.5. The Hall–Kier alpha value is -2.36. The highest BCUT2D eigenvalue weighted by Crippen LogP contribution is 2.35. The third-order valence-electron chi connectivity index (χ3n) is 4.58. The van der Waals surface area contributed by atoms with E-state index in [0.29, 0.717) is 5.56 Å². The van der Waals surface area contributed by atoms with Gasteiger partial charge in [-0.2, -0.15) is 0 Å². The topological polar surface area (TPSA) is 110 Å². The lowest BCUT2D eigenvalue weighted by Gasteiger charge is -2.39. The molecule has 0 radical (unpaired) electrons. The van der Waals surface area contributed by atoms with Gasteiger partial charge in [-0.1, -0.05) is 65.7 Å². The molecule has 0 aromatic heterocycles. The number of alkyl halides is 3. The smallest absolute Gasteiger partial charge is 0.450 e. The second kappa shape index (κ2) is 10.3. The molecule has 0 spiro atoms. The van der Waals surface area contributed by atoms with Gasteiger partial charge in [0.15, 0.2) is 20.3 Å². The van der Waals surface area contributed by atoms with Gasteiger partial charge < -0.3 is 15.2 Å². The first kappa shape index (κ1) is 24.9. The van der Waals surface area contributed by atoms with Crippen LogP contribution < -0.4 is 5.32 Å². The summed E-state index contributed by atoms with van der Waals surface area (Å²) in [6, 6.07) is 12.1. The van der Waals surface area contributed by atoms with Gasteiger partial charge in [0.25, 0.3) is 5.91 Å². The van der Waals surface area contributed by atoms with Crippen LogP contribution in [0, 0.1) is 0 Å². The zero-order valence-corrected chi connectivity index (χ0v) is 18.6. The molecule has 0 aliphatic rings. The van der Waals surface area contributed by atoms with E-state index in [4.69, 9.17) is 27.9 Å². The highest BCUT2D eigenvalue weighted by Gasteiger charge is 2.46. The first-order valence-electron chi connectivity index (χ1n) is 8.90. The van der Waals surface area contributed by atoms with Crippen LogP contribution in [0.1, 0.15) is 11.1 Å². The van der Waals surface area contributed by atoms with Crippen molar-refractivity contribution in [1.29, 1.82) is 0 Å². The van der Waals surface area contributed by atoms with Gasteiger partial charge in [-0.3, -0.25) is 4.79 Å². The number of carbonyl (C=O) groups excluding carboxylic acids is 1. The summed E-state index contributed by atoms with van der Waals surface area (Å²) in [6.45, 7) is -1.22. The number of carboxylic acid groups (broad SMARTS) is 1. The fourth-order valence-corrected chi connectivity index (χ4v) is 3.90. The Morgan fingerprint density at radius 1 is 1.13 bits per heavy atom. The minimum absolute atomic E-state index is 0.0254. The Labute approximate surface area is 189 Å². The van der Waals surface area contributed by atoms with Crippen LogP contribution in [0.3, 0.4) is 0 Å². The molecular weight excluding hydrogens is 472 g/mol. The number of sulfone groups is 1. The molecule has 0 fully saturated rings. The van der Waals surface area contributed by atoms with E-state index in [1.54, 1.807) is 30.3 Å². The Kier molecular flexibility index (Phi) is 8.27. The molecule has 1 amide bonds. The molecular formula is C20H20Cl2FNO6S. The van der Waals surface area contributed by atoms with Crippen molar-refractivity contribution in [3.8, 4) is 0 Å². The van der Waals surface area contributed by atoms with E-state index < -0.39 is 45.1 Å². The van der Waals surface area contributed by atoms with Crippen LogP contribution in [0.25, 0.3) is 0 Å². The summed E-state index contributed by atoms with van der Waals surface area (Å²) < 4.78 is 43.0. The number of hydrogen-bond donors (Lipinski definition) is 2. The predicted molar refractivity (Wildman–Crippen MR) is 114 cm³/mol. The maximum Gasteiger partial charge on any atom is 0.506 e. The average molecular weight is 492 g/mol. The monoisotopic (exact) mass is 491 g/mol. The van der Waals surface area contributed by atoms with Crippen LogP contribution >= 0.6 is 23.2 Å². The van der Waals surface area contributed by atoms with E-state index in [1.807, 2.05) is 0 Å². The van der Waals surface area contributed by atoms with Crippen LogP contribution in [0.2, 0.25) is 0 Å². The largest absolute Gasteiger partial charge is 0.506 e. The van der Waals surface area contributed by atoms with Gasteiger partial charge in [-0.25, -0.2) is 17.6 Å². The van der Waals surface area contributed by atoms with Gasteiger partial charge in [-0.05, 0) is 23.3 Å². The van der Waals surface area contributed by atoms with Crippen molar-refractivity contribution in [2.45, 2.75) is 27.8 Å². The second-order valence-electron chi connectivity index (χ2n) is 6.73. The molecule has 0 aliphatic carbocycles. The summed E-state index contributed by atoms with van der Waals surface area (Å²) >= 11 is 11.1. The Morgan fingerprint density at radius 2 is 1.71 bits per heavy atom. The van der Waals surface area contributed by atoms with Gasteiger partial charge in [0, 0.05) is 12.7 Å². The van der Waals surface area contributed by atoms with E-state index in [0.717, 1.165) is 6.26 Å². The lowest BCUT2D eigenvalue weighted by Crippen LogP contribution is -2.56. The zero-order valence-electron chi connectivity index (χ0n) is 16.3. The molecule has 168 valence electrons. The molecule has 0 aliphatic heterocycles. The Balaban J connectivity index is 2.68. The summed E-state index contributed by atoms with van der Waals surface area (Å²) in [6.07, 6.45) is -0.870. The SMILES string of the molecule is CS(=O)(=O)c1ccc([C@@](Cc2ccccc2)(OC(=O)O)[C@@H](CF)NC(=O)C(Cl)Cl)cc1. The quantitative estimate of drug-likeness (QED) is 0.410. The summed E-state index contributed by atoms with van der Waals surface area (Å²) in [7, 11) is -3.54. The van der Waals surface area contributed by atoms with Gasteiger partial charge in [0.2, 0.25) is 0 Å². The van der Waals surface area contributed by atoms with E-state index >= 15 is 0 Å². The number of benzene rings is 2. The molecule has 7 nitrogen and oxygen atoms in total. The maximum atomic E-state index is 14.2. The Bertz CT molecular complexity index is 1020. The molecule has 0 heterocycles. The molecule has 0 bridgehead atoms. The molecule has 2 atom stereocenters. The van der Waals surface area contributed by atoms with Crippen molar-refractivity contribution in [2.75, 3.05) is 12.9 Å². The number of amides is 1. The summed E-state index contributed by atoms with van der Waals surface area (Å²) in [4.78, 5) is 22.2. The fourth-order valence-electron chi connectivity index (χ4n) is 3.15. The van der Waals surface area contributed by atoms with Crippen LogP contribution in [-0.2, 0) is 31.4 Å². The van der Waals surface area contributed by atoms with Crippen molar-refractivity contribution >= 4 is 45.1 Å². The first-order valence-corrected chi connectivity index (χ1v) is 11.7. The third kappa shape index (κ3) is 6.32. The fraction of sp³-hybridized carbons (Fsp3) is 0.300. The third-order valence-corrected chi connectivity index (χ3v) is 6.11. The lowest BCUT2D eigenvalue weighted by atomic mass is 9.81. The van der Waals surface area contributed by atoms with Gasteiger partial charge in [0.05, 0.1) is 4.90 Å². The average Bonchev–Trinajstić information content (AvgIpc) is 2.71. The van der Waals surface area contributed by atoms with Gasteiger partial charge in [0.1, 0.15) is 12.7 Å². The molecule has 0 unspecified atom stereocenters.